The Kier molecular flexibility index (Phi) is 10.4. The van der Waals surface area contributed by atoms with Gasteiger partial charge in [-0.05, 0) is 38.5 Å². The molecule has 2 amide bonds. The maximum Gasteiger partial charge on any atom is 0.275 e. The van der Waals surface area contributed by atoms with E-state index in [9.17, 15) is 9.59 Å². The number of ether oxygens (including phenoxy) is 3. The SMILES string of the molecule is COCCNC(=O)c1cc(CN2CCOCC2(C)C)ccc1NC(=O)c1csc(N(C)[C@@H](C)COC)n1. The van der Waals surface area contributed by atoms with Crippen LogP contribution in [-0.4, -0.2) is 94.1 Å². The van der Waals surface area contributed by atoms with Crippen LogP contribution in [0.15, 0.2) is 23.6 Å². The molecule has 0 spiro atoms. The number of morpholine rings is 1. The monoisotopic (exact) mass is 533 g/mol. The van der Waals surface area contributed by atoms with Crippen LogP contribution in [0.3, 0.4) is 0 Å². The normalized spacial score (nSPS) is 16.3. The number of amides is 2. The fourth-order valence-electron chi connectivity index (χ4n) is 4.01. The summed E-state index contributed by atoms with van der Waals surface area (Å²) in [4.78, 5) is 35.0. The molecule has 0 bridgehead atoms. The molecule has 0 unspecified atom stereocenters. The lowest BCUT2D eigenvalue weighted by Gasteiger charge is -2.42. The third-order valence-electron chi connectivity index (χ3n) is 6.45. The lowest BCUT2D eigenvalue weighted by molar-refractivity contribution is -0.0552. The van der Waals surface area contributed by atoms with Crippen LogP contribution < -0.4 is 15.5 Å². The molecular formula is C26H39N5O5S. The summed E-state index contributed by atoms with van der Waals surface area (Å²) >= 11 is 1.39. The number of carbonyl (C=O) groups excluding carboxylic acids is 2. The molecule has 3 rings (SSSR count). The second kappa shape index (κ2) is 13.3. The number of nitrogens with one attached hydrogen (secondary N) is 2. The molecule has 2 aromatic rings. The van der Waals surface area contributed by atoms with Crippen molar-refractivity contribution in [2.75, 3.05) is 71.0 Å². The summed E-state index contributed by atoms with van der Waals surface area (Å²) in [6.07, 6.45) is 0. The maximum absolute atomic E-state index is 13.1. The van der Waals surface area contributed by atoms with Crippen molar-refractivity contribution < 1.29 is 23.8 Å². The van der Waals surface area contributed by atoms with Gasteiger partial charge in [-0.2, -0.15) is 0 Å². The number of carbonyl (C=O) groups is 2. The molecule has 1 fully saturated rings. The van der Waals surface area contributed by atoms with E-state index >= 15 is 0 Å². The third-order valence-corrected chi connectivity index (χ3v) is 7.39. The average molecular weight is 534 g/mol. The van der Waals surface area contributed by atoms with Gasteiger partial charge in [-0.3, -0.25) is 14.5 Å². The highest BCUT2D eigenvalue weighted by Crippen LogP contribution is 2.26. The molecule has 1 saturated heterocycles. The number of aromatic nitrogens is 1. The number of hydrogen-bond donors (Lipinski definition) is 2. The van der Waals surface area contributed by atoms with Crippen LogP contribution in [0, 0.1) is 0 Å². The molecule has 0 saturated carbocycles. The second-order valence-corrected chi connectivity index (χ2v) is 10.6. The minimum atomic E-state index is -0.372. The molecule has 10 nitrogen and oxygen atoms in total. The summed E-state index contributed by atoms with van der Waals surface area (Å²) in [5, 5.41) is 8.19. The first-order chi connectivity index (χ1) is 17.7. The minimum Gasteiger partial charge on any atom is -0.383 e. The van der Waals surface area contributed by atoms with Gasteiger partial charge in [0.1, 0.15) is 5.69 Å². The molecule has 2 heterocycles. The Morgan fingerprint density at radius 2 is 2.05 bits per heavy atom. The molecule has 11 heteroatoms. The standard InChI is InChI=1S/C26H39N5O5S/c1-18(15-35-6)30(4)25-29-22(16-37-25)24(33)28-21-8-7-19(13-20(21)23(32)27-9-11-34-5)14-31-10-12-36-17-26(31,2)3/h7-8,13,16,18H,9-12,14-15,17H2,1-6H3,(H,27,32)(H,28,33)/t18-/m0/s1. The van der Waals surface area contributed by atoms with Gasteiger partial charge in [0.25, 0.3) is 11.8 Å². The summed E-state index contributed by atoms with van der Waals surface area (Å²) in [5.74, 6) is -0.647. The molecule has 37 heavy (non-hydrogen) atoms. The number of nitrogens with zero attached hydrogens (tertiary/aromatic N) is 3. The van der Waals surface area contributed by atoms with Crippen molar-refractivity contribution in [1.82, 2.24) is 15.2 Å². The molecule has 1 aliphatic heterocycles. The van der Waals surface area contributed by atoms with Crippen LogP contribution in [-0.2, 0) is 20.8 Å². The zero-order valence-electron chi connectivity index (χ0n) is 22.6. The topological polar surface area (TPSA) is 105 Å². The molecule has 0 radical (unpaired) electrons. The average Bonchev–Trinajstić information content (AvgIpc) is 3.36. The Hall–Kier alpha value is -2.57. The van der Waals surface area contributed by atoms with Crippen LogP contribution in [0.4, 0.5) is 10.8 Å². The van der Waals surface area contributed by atoms with Crippen LogP contribution in [0.1, 0.15) is 47.2 Å². The maximum atomic E-state index is 13.1. The van der Waals surface area contributed by atoms with E-state index in [-0.39, 0.29) is 23.4 Å². The van der Waals surface area contributed by atoms with Gasteiger partial charge in [0, 0.05) is 51.8 Å². The highest BCUT2D eigenvalue weighted by Gasteiger charge is 2.30. The van der Waals surface area contributed by atoms with Gasteiger partial charge in [-0.15, -0.1) is 11.3 Å². The summed E-state index contributed by atoms with van der Waals surface area (Å²) in [5.41, 5.74) is 1.99. The van der Waals surface area contributed by atoms with Gasteiger partial charge in [0.15, 0.2) is 5.13 Å². The van der Waals surface area contributed by atoms with E-state index in [0.29, 0.717) is 56.5 Å². The molecule has 2 N–H and O–H groups in total. The first-order valence-corrected chi connectivity index (χ1v) is 13.3. The van der Waals surface area contributed by atoms with E-state index in [1.54, 1.807) is 25.7 Å². The van der Waals surface area contributed by atoms with Crippen LogP contribution in [0.5, 0.6) is 0 Å². The van der Waals surface area contributed by atoms with Crippen molar-refractivity contribution in [3.05, 3.63) is 40.4 Å². The van der Waals surface area contributed by atoms with Gasteiger partial charge >= 0.3 is 0 Å². The Morgan fingerprint density at radius 1 is 1.27 bits per heavy atom. The Bertz CT molecular complexity index is 1060. The molecule has 1 aromatic heterocycles. The summed E-state index contributed by atoms with van der Waals surface area (Å²) in [6, 6.07) is 5.68. The third kappa shape index (κ3) is 7.71. The fourth-order valence-corrected chi connectivity index (χ4v) is 4.89. The van der Waals surface area contributed by atoms with Crippen molar-refractivity contribution in [2.45, 2.75) is 38.9 Å². The fraction of sp³-hybridized carbons (Fsp3) is 0.577. The highest BCUT2D eigenvalue weighted by atomic mass is 32.1. The minimum absolute atomic E-state index is 0.109. The molecular weight excluding hydrogens is 494 g/mol. The van der Waals surface area contributed by atoms with Gasteiger partial charge in [-0.1, -0.05) is 6.07 Å². The van der Waals surface area contributed by atoms with Crippen LogP contribution >= 0.6 is 11.3 Å². The van der Waals surface area contributed by atoms with E-state index < -0.39 is 0 Å². The molecule has 0 aliphatic carbocycles. The Labute approximate surface area is 223 Å². The quantitative estimate of drug-likeness (QED) is 0.402. The van der Waals surface area contributed by atoms with E-state index in [0.717, 1.165) is 17.2 Å². The summed E-state index contributed by atoms with van der Waals surface area (Å²) in [6.45, 7) is 10.4. The largest absolute Gasteiger partial charge is 0.383 e. The lowest BCUT2D eigenvalue weighted by Crippen LogP contribution is -2.52. The van der Waals surface area contributed by atoms with Gasteiger partial charge in [0.2, 0.25) is 0 Å². The van der Waals surface area contributed by atoms with E-state index in [1.807, 2.05) is 31.0 Å². The van der Waals surface area contributed by atoms with Crippen molar-refractivity contribution in [1.29, 1.82) is 0 Å². The zero-order chi connectivity index (χ0) is 27.0. The van der Waals surface area contributed by atoms with E-state index in [4.69, 9.17) is 14.2 Å². The van der Waals surface area contributed by atoms with Crippen molar-refractivity contribution in [3.8, 4) is 0 Å². The number of likely N-dealkylation sites (N-methyl/N-ethyl adjacent to an activating group) is 1. The molecule has 1 aromatic carbocycles. The van der Waals surface area contributed by atoms with Gasteiger partial charge in [-0.25, -0.2) is 4.98 Å². The number of methoxy groups -OCH3 is 2. The van der Waals surface area contributed by atoms with Crippen molar-refractivity contribution in [2.24, 2.45) is 0 Å². The predicted octanol–water partition coefficient (Wildman–Crippen LogP) is 2.85. The van der Waals surface area contributed by atoms with Crippen molar-refractivity contribution in [3.63, 3.8) is 0 Å². The first-order valence-electron chi connectivity index (χ1n) is 12.4. The molecule has 1 atom stereocenters. The van der Waals surface area contributed by atoms with Gasteiger partial charge < -0.3 is 29.7 Å². The molecule has 204 valence electrons. The Morgan fingerprint density at radius 3 is 2.76 bits per heavy atom. The van der Waals surface area contributed by atoms with Crippen LogP contribution in [0.25, 0.3) is 0 Å². The number of hydrogen-bond acceptors (Lipinski definition) is 9. The number of benzene rings is 1. The van der Waals surface area contributed by atoms with Crippen molar-refractivity contribution >= 4 is 34.0 Å². The highest BCUT2D eigenvalue weighted by molar-refractivity contribution is 7.14. The van der Waals surface area contributed by atoms with E-state index in [1.165, 1.54) is 11.3 Å². The smallest absolute Gasteiger partial charge is 0.275 e. The number of rotatable bonds is 12. The number of anilines is 2. The summed E-state index contributed by atoms with van der Waals surface area (Å²) in [7, 11) is 5.15. The summed E-state index contributed by atoms with van der Waals surface area (Å²) < 4.78 is 15.9. The van der Waals surface area contributed by atoms with Gasteiger partial charge in [0.05, 0.1) is 43.7 Å². The predicted molar refractivity (Wildman–Crippen MR) is 146 cm³/mol. The first kappa shape index (κ1) is 29.0. The second-order valence-electron chi connectivity index (χ2n) is 9.80. The van der Waals surface area contributed by atoms with E-state index in [2.05, 4.69) is 34.4 Å². The lowest BCUT2D eigenvalue weighted by atomic mass is 10.00. The zero-order valence-corrected chi connectivity index (χ0v) is 23.4. The van der Waals surface area contributed by atoms with Crippen LogP contribution in [0.2, 0.25) is 0 Å². The number of thiazole rings is 1. The molecule has 1 aliphatic rings. The Balaban J connectivity index is 1.80.